The maximum absolute atomic E-state index is 12.6. The third-order valence-electron chi connectivity index (χ3n) is 5.00. The summed E-state index contributed by atoms with van der Waals surface area (Å²) < 4.78 is 1.42. The molecule has 2 atom stereocenters. The van der Waals surface area contributed by atoms with Crippen LogP contribution in [0.3, 0.4) is 0 Å². The second-order valence-electron chi connectivity index (χ2n) is 6.81. The van der Waals surface area contributed by atoms with Crippen molar-refractivity contribution in [3.63, 3.8) is 0 Å². The number of nitrogens with two attached hydrogens (primary N) is 1. The second kappa shape index (κ2) is 6.33. The van der Waals surface area contributed by atoms with E-state index >= 15 is 0 Å². The van der Waals surface area contributed by atoms with E-state index in [1.807, 2.05) is 30.3 Å². The molecule has 3 heterocycles. The predicted octanol–water partition coefficient (Wildman–Crippen LogP) is 0.984. The number of aromatic nitrogens is 2. The number of benzene rings is 1. The van der Waals surface area contributed by atoms with Crippen molar-refractivity contribution in [1.29, 1.82) is 0 Å². The van der Waals surface area contributed by atoms with Crippen LogP contribution in [0, 0.1) is 0 Å². The fourth-order valence-electron chi connectivity index (χ4n) is 3.87. The fraction of sp³-hybridized carbons (Fsp3) is 0.389. The first kappa shape index (κ1) is 15.8. The molecule has 2 fully saturated rings. The Morgan fingerprint density at radius 1 is 1.16 bits per heavy atom. The van der Waals surface area contributed by atoms with Gasteiger partial charge >= 0.3 is 0 Å². The van der Waals surface area contributed by atoms with Crippen molar-refractivity contribution >= 4 is 11.8 Å². The summed E-state index contributed by atoms with van der Waals surface area (Å²) in [6.07, 6.45) is 4.21. The lowest BCUT2D eigenvalue weighted by atomic mass is 10.00. The van der Waals surface area contributed by atoms with Crippen molar-refractivity contribution in [2.75, 3.05) is 0 Å². The lowest BCUT2D eigenvalue weighted by Gasteiger charge is -2.29. The zero-order valence-electron chi connectivity index (χ0n) is 13.8. The first-order valence-corrected chi connectivity index (χ1v) is 8.62. The van der Waals surface area contributed by atoms with Gasteiger partial charge in [0.1, 0.15) is 5.69 Å². The molecular weight excluding hydrogens is 318 g/mol. The van der Waals surface area contributed by atoms with Crippen LogP contribution in [0.15, 0.2) is 36.4 Å². The van der Waals surface area contributed by atoms with Gasteiger partial charge in [-0.25, -0.2) is 4.68 Å². The van der Waals surface area contributed by atoms with Crippen molar-refractivity contribution in [2.45, 2.75) is 43.8 Å². The zero-order valence-corrected chi connectivity index (χ0v) is 13.8. The van der Waals surface area contributed by atoms with Gasteiger partial charge in [-0.05, 0) is 37.8 Å². The molecule has 130 valence electrons. The molecule has 7 heteroatoms. The summed E-state index contributed by atoms with van der Waals surface area (Å²) >= 11 is 0. The lowest BCUT2D eigenvalue weighted by Crippen LogP contribution is -2.48. The van der Waals surface area contributed by atoms with Crippen LogP contribution in [0.1, 0.15) is 46.7 Å². The highest BCUT2D eigenvalue weighted by Gasteiger charge is 2.34. The van der Waals surface area contributed by atoms with Gasteiger partial charge in [-0.2, -0.15) is 5.10 Å². The normalized spacial score (nSPS) is 24.9. The third kappa shape index (κ3) is 3.15. The number of hydrogen-bond acceptors (Lipinski definition) is 4. The maximum Gasteiger partial charge on any atom is 0.272 e. The number of piperidine rings is 1. The van der Waals surface area contributed by atoms with E-state index in [4.69, 9.17) is 5.73 Å². The van der Waals surface area contributed by atoms with E-state index in [0.717, 1.165) is 12.8 Å². The van der Waals surface area contributed by atoms with Gasteiger partial charge in [-0.1, -0.05) is 18.2 Å². The van der Waals surface area contributed by atoms with Crippen molar-refractivity contribution in [2.24, 2.45) is 5.73 Å². The van der Waals surface area contributed by atoms with Crippen molar-refractivity contribution < 1.29 is 9.59 Å². The molecule has 0 spiro atoms. The molecule has 2 aromatic rings. The predicted molar refractivity (Wildman–Crippen MR) is 92.5 cm³/mol. The maximum atomic E-state index is 12.6. The van der Waals surface area contributed by atoms with Gasteiger partial charge in [0.2, 0.25) is 0 Å². The molecule has 0 aliphatic carbocycles. The smallest absolute Gasteiger partial charge is 0.272 e. The summed E-state index contributed by atoms with van der Waals surface area (Å²) in [4.78, 5) is 24.3. The van der Waals surface area contributed by atoms with Gasteiger partial charge in [0.05, 0.1) is 5.69 Å². The van der Waals surface area contributed by atoms with Gasteiger partial charge < -0.3 is 16.4 Å². The number of fused-ring (bicyclic) bond motifs is 2. The zero-order chi connectivity index (χ0) is 17.4. The molecule has 1 aromatic carbocycles. The second-order valence-corrected chi connectivity index (χ2v) is 6.81. The monoisotopic (exact) mass is 339 g/mol. The number of amides is 2. The van der Waals surface area contributed by atoms with Crippen LogP contribution in [-0.4, -0.2) is 39.7 Å². The minimum atomic E-state index is -0.615. The van der Waals surface area contributed by atoms with Crippen LogP contribution in [0.25, 0.3) is 5.69 Å². The van der Waals surface area contributed by atoms with Gasteiger partial charge in [0, 0.05) is 24.2 Å². The summed E-state index contributed by atoms with van der Waals surface area (Å²) in [5.74, 6) is -0.876. The summed E-state index contributed by atoms with van der Waals surface area (Å²) in [6, 6.07) is 11.8. The fourth-order valence-corrected chi connectivity index (χ4v) is 3.87. The molecule has 1 aromatic heterocycles. The Balaban J connectivity index is 1.56. The Morgan fingerprint density at radius 2 is 1.84 bits per heavy atom. The lowest BCUT2D eigenvalue weighted by molar-refractivity contribution is 0.0917. The van der Waals surface area contributed by atoms with Crippen LogP contribution in [0.4, 0.5) is 0 Å². The Bertz CT molecular complexity index is 789. The number of nitrogens with zero attached hydrogens (tertiary/aromatic N) is 2. The molecule has 7 nitrogen and oxygen atoms in total. The Labute approximate surface area is 145 Å². The molecule has 0 radical (unpaired) electrons. The van der Waals surface area contributed by atoms with Crippen molar-refractivity contribution in [3.05, 3.63) is 47.8 Å². The highest BCUT2D eigenvalue weighted by Crippen LogP contribution is 2.27. The average molecular weight is 339 g/mol. The van der Waals surface area contributed by atoms with E-state index in [1.165, 1.54) is 23.6 Å². The molecule has 4 N–H and O–H groups in total. The van der Waals surface area contributed by atoms with Crippen LogP contribution < -0.4 is 16.4 Å². The number of carbonyl (C=O) groups is 2. The Hall–Kier alpha value is -2.67. The minimum Gasteiger partial charge on any atom is -0.364 e. The minimum absolute atomic E-state index is 0.144. The molecule has 0 saturated carbocycles. The Kier molecular flexibility index (Phi) is 4.01. The van der Waals surface area contributed by atoms with Crippen LogP contribution in [0.5, 0.6) is 0 Å². The third-order valence-corrected chi connectivity index (χ3v) is 5.00. The molecule has 2 aliphatic rings. The number of hydrogen-bond donors (Lipinski definition) is 3. The number of primary amides is 1. The highest BCUT2D eigenvalue weighted by molar-refractivity contribution is 5.97. The molecule has 25 heavy (non-hydrogen) atoms. The van der Waals surface area contributed by atoms with E-state index in [1.54, 1.807) is 0 Å². The molecule has 2 amide bonds. The SMILES string of the molecule is NC(=O)c1cc(C(=O)NC2CC3CCC(C2)N3)nn1-c1ccccc1. The van der Waals surface area contributed by atoms with E-state index in [9.17, 15) is 9.59 Å². The first-order chi connectivity index (χ1) is 12.1. The summed E-state index contributed by atoms with van der Waals surface area (Å²) in [6.45, 7) is 0. The molecule has 2 aliphatic heterocycles. The van der Waals surface area contributed by atoms with Crippen LogP contribution in [0.2, 0.25) is 0 Å². The van der Waals surface area contributed by atoms with Crippen LogP contribution in [-0.2, 0) is 0 Å². The molecule has 4 rings (SSSR count). The highest BCUT2D eigenvalue weighted by atomic mass is 16.2. The average Bonchev–Trinajstić information content (AvgIpc) is 3.19. The molecule has 2 unspecified atom stereocenters. The molecule has 2 bridgehead atoms. The number of carbonyl (C=O) groups excluding carboxylic acids is 2. The first-order valence-electron chi connectivity index (χ1n) is 8.62. The Morgan fingerprint density at radius 3 is 2.48 bits per heavy atom. The van der Waals surface area contributed by atoms with E-state index < -0.39 is 5.91 Å². The van der Waals surface area contributed by atoms with E-state index in [2.05, 4.69) is 15.7 Å². The van der Waals surface area contributed by atoms with Crippen molar-refractivity contribution in [3.8, 4) is 5.69 Å². The van der Waals surface area contributed by atoms with Gasteiger partial charge in [0.15, 0.2) is 5.69 Å². The largest absolute Gasteiger partial charge is 0.364 e. The number of rotatable bonds is 4. The van der Waals surface area contributed by atoms with Gasteiger partial charge in [-0.15, -0.1) is 0 Å². The van der Waals surface area contributed by atoms with E-state index in [0.29, 0.717) is 17.8 Å². The summed E-state index contributed by atoms with van der Waals surface area (Å²) in [7, 11) is 0. The van der Waals surface area contributed by atoms with Crippen molar-refractivity contribution in [1.82, 2.24) is 20.4 Å². The number of para-hydroxylation sites is 1. The topological polar surface area (TPSA) is 102 Å². The standard InChI is InChI=1S/C18H21N5O2/c19-17(24)16-10-15(22-23(16)14-4-2-1-3-5-14)18(25)21-13-8-11-6-7-12(9-13)20-11/h1-5,10-13,20H,6-9H2,(H2,19,24)(H,21,25). The van der Waals surface area contributed by atoms with Gasteiger partial charge in [0.25, 0.3) is 11.8 Å². The quantitative estimate of drug-likeness (QED) is 0.773. The molecular formula is C18H21N5O2. The number of nitrogens with one attached hydrogen (secondary N) is 2. The summed E-state index contributed by atoms with van der Waals surface area (Å²) in [5.41, 5.74) is 6.55. The molecule has 2 saturated heterocycles. The summed E-state index contributed by atoms with van der Waals surface area (Å²) in [5, 5.41) is 10.9. The van der Waals surface area contributed by atoms with Crippen LogP contribution >= 0.6 is 0 Å². The van der Waals surface area contributed by atoms with E-state index in [-0.39, 0.29) is 23.3 Å². The van der Waals surface area contributed by atoms with Gasteiger partial charge in [-0.3, -0.25) is 9.59 Å².